The van der Waals surface area contributed by atoms with Crippen LogP contribution in [0.5, 0.6) is 0 Å². The zero-order valence-electron chi connectivity index (χ0n) is 15.2. The van der Waals surface area contributed by atoms with Crippen LogP contribution in [0.2, 0.25) is 0 Å². The van der Waals surface area contributed by atoms with Crippen LogP contribution in [0.15, 0.2) is 42.2 Å². The van der Waals surface area contributed by atoms with Crippen molar-refractivity contribution in [2.24, 2.45) is 0 Å². The molecule has 0 spiro atoms. The summed E-state index contributed by atoms with van der Waals surface area (Å²) in [6.45, 7) is 6.02. The molecule has 0 radical (unpaired) electrons. The van der Waals surface area contributed by atoms with E-state index < -0.39 is 5.97 Å². The summed E-state index contributed by atoms with van der Waals surface area (Å²) in [4.78, 5) is 19.9. The Morgan fingerprint density at radius 3 is 2.56 bits per heavy atom. The first-order valence-electron chi connectivity index (χ1n) is 8.89. The number of carbonyl (C=O) groups is 1. The highest BCUT2D eigenvalue weighted by molar-refractivity contribution is 5.92. The first-order chi connectivity index (χ1) is 12.1. The molecule has 0 bridgehead atoms. The van der Waals surface area contributed by atoms with Gasteiger partial charge >= 0.3 is 5.97 Å². The van der Waals surface area contributed by atoms with E-state index in [1.165, 1.54) is 18.4 Å². The van der Waals surface area contributed by atoms with E-state index in [4.69, 9.17) is 0 Å². The zero-order valence-corrected chi connectivity index (χ0v) is 15.2. The molecular weight excluding hydrogens is 312 g/mol. The van der Waals surface area contributed by atoms with Crippen LogP contribution in [0.3, 0.4) is 0 Å². The largest absolute Gasteiger partial charge is 0.478 e. The van der Waals surface area contributed by atoms with Crippen LogP contribution in [0.25, 0.3) is 17.5 Å². The molecule has 1 unspecified atom stereocenters. The third-order valence-corrected chi connectivity index (χ3v) is 4.46. The zero-order chi connectivity index (χ0) is 18.2. The fourth-order valence-electron chi connectivity index (χ4n) is 2.94. The predicted octanol–water partition coefficient (Wildman–Crippen LogP) is 5.32. The molecule has 0 aliphatic carbocycles. The van der Waals surface area contributed by atoms with Gasteiger partial charge in [-0.3, -0.25) is 0 Å². The molecule has 1 aromatic heterocycles. The van der Waals surface area contributed by atoms with E-state index in [0.29, 0.717) is 17.3 Å². The Morgan fingerprint density at radius 1 is 1.24 bits per heavy atom. The maximum atomic E-state index is 11.2. The molecule has 0 amide bonds. The normalized spacial score (nSPS) is 12.8. The minimum absolute atomic E-state index is 0.294. The summed E-state index contributed by atoms with van der Waals surface area (Å²) in [7, 11) is 0. The number of benzene rings is 1. The number of carboxylic acid groups (broad SMARTS) is 1. The number of aromatic nitrogens is 2. The first kappa shape index (κ1) is 18.8. The van der Waals surface area contributed by atoms with Gasteiger partial charge in [-0.05, 0) is 55.0 Å². The van der Waals surface area contributed by atoms with E-state index in [0.717, 1.165) is 24.0 Å². The van der Waals surface area contributed by atoms with Crippen molar-refractivity contribution in [2.45, 2.75) is 52.4 Å². The van der Waals surface area contributed by atoms with Gasteiger partial charge in [0.1, 0.15) is 0 Å². The van der Waals surface area contributed by atoms with E-state index in [1.54, 1.807) is 31.5 Å². The van der Waals surface area contributed by atoms with Crippen molar-refractivity contribution in [1.29, 1.82) is 0 Å². The van der Waals surface area contributed by atoms with Gasteiger partial charge in [-0.2, -0.15) is 0 Å². The topological polar surface area (TPSA) is 63.1 Å². The number of rotatable bonds is 8. The lowest BCUT2D eigenvalue weighted by molar-refractivity contribution is -0.132. The van der Waals surface area contributed by atoms with Crippen molar-refractivity contribution in [2.75, 3.05) is 0 Å². The average Bonchev–Trinajstić information content (AvgIpc) is 2.63. The van der Waals surface area contributed by atoms with Crippen molar-refractivity contribution in [1.82, 2.24) is 9.97 Å². The summed E-state index contributed by atoms with van der Waals surface area (Å²) in [6.07, 6.45) is 9.73. The number of hydrogen-bond donors (Lipinski definition) is 1. The highest BCUT2D eigenvalue weighted by atomic mass is 16.4. The summed E-state index contributed by atoms with van der Waals surface area (Å²) < 4.78 is 0. The van der Waals surface area contributed by atoms with Gasteiger partial charge < -0.3 is 5.11 Å². The average molecular weight is 338 g/mol. The van der Waals surface area contributed by atoms with Crippen molar-refractivity contribution >= 4 is 12.0 Å². The highest BCUT2D eigenvalue weighted by Gasteiger charge is 2.14. The number of nitrogens with zero attached hydrogens (tertiary/aromatic N) is 2. The maximum absolute atomic E-state index is 11.2. The molecule has 4 heteroatoms. The molecule has 1 aromatic carbocycles. The molecule has 1 heterocycles. The van der Waals surface area contributed by atoms with Crippen LogP contribution in [0, 0.1) is 0 Å². The second-order valence-electron chi connectivity index (χ2n) is 6.30. The molecule has 2 rings (SSSR count). The monoisotopic (exact) mass is 338 g/mol. The van der Waals surface area contributed by atoms with E-state index in [2.05, 4.69) is 35.9 Å². The fraction of sp³-hybridized carbons (Fsp3) is 0.381. The second-order valence-corrected chi connectivity index (χ2v) is 6.30. The van der Waals surface area contributed by atoms with Crippen LogP contribution < -0.4 is 0 Å². The number of aliphatic carboxylic acids is 1. The lowest BCUT2D eigenvalue weighted by Gasteiger charge is -2.17. The third-order valence-electron chi connectivity index (χ3n) is 4.46. The predicted molar refractivity (Wildman–Crippen MR) is 101 cm³/mol. The molecule has 0 saturated heterocycles. The molecule has 2 aromatic rings. The highest BCUT2D eigenvalue weighted by Crippen LogP contribution is 2.31. The van der Waals surface area contributed by atoms with Gasteiger partial charge in [-0.1, -0.05) is 38.8 Å². The second kappa shape index (κ2) is 9.11. The smallest absolute Gasteiger partial charge is 0.331 e. The molecule has 132 valence electrons. The van der Waals surface area contributed by atoms with Crippen molar-refractivity contribution in [3.63, 3.8) is 0 Å². The van der Waals surface area contributed by atoms with Gasteiger partial charge in [0.15, 0.2) is 5.82 Å². The van der Waals surface area contributed by atoms with E-state index in [9.17, 15) is 9.90 Å². The van der Waals surface area contributed by atoms with Gasteiger partial charge in [0.25, 0.3) is 0 Å². The number of unbranched alkanes of at least 4 members (excludes halogenated alkanes) is 1. The van der Waals surface area contributed by atoms with Crippen LogP contribution in [0.4, 0.5) is 0 Å². The van der Waals surface area contributed by atoms with Gasteiger partial charge in [-0.25, -0.2) is 14.8 Å². The molecule has 0 fully saturated rings. The van der Waals surface area contributed by atoms with Crippen LogP contribution >= 0.6 is 0 Å². The van der Waals surface area contributed by atoms with Crippen molar-refractivity contribution in [3.8, 4) is 11.4 Å². The summed E-state index contributed by atoms with van der Waals surface area (Å²) in [6, 6.07) is 8.00. The Bertz CT molecular complexity index is 739. The molecule has 0 saturated carbocycles. The van der Waals surface area contributed by atoms with Crippen LogP contribution in [-0.4, -0.2) is 21.0 Å². The Balaban J connectivity index is 2.51. The summed E-state index contributed by atoms with van der Waals surface area (Å²) in [5.74, 6) is 0.207. The maximum Gasteiger partial charge on any atom is 0.331 e. The molecular formula is C21H26N2O2. The first-order valence-corrected chi connectivity index (χ1v) is 8.89. The van der Waals surface area contributed by atoms with Crippen LogP contribution in [0.1, 0.15) is 63.5 Å². The number of carboxylic acids is 1. The molecule has 0 aliphatic rings. The third kappa shape index (κ3) is 4.99. The lowest BCUT2D eigenvalue weighted by atomic mass is 9.88. The van der Waals surface area contributed by atoms with Gasteiger partial charge in [0, 0.05) is 23.5 Å². The summed E-state index contributed by atoms with van der Waals surface area (Å²) in [5, 5.41) is 9.18. The molecule has 25 heavy (non-hydrogen) atoms. The fourth-order valence-corrected chi connectivity index (χ4v) is 2.94. The summed E-state index contributed by atoms with van der Waals surface area (Å²) >= 11 is 0. The Labute approximate surface area is 149 Å². The molecule has 1 N–H and O–H groups in total. The van der Waals surface area contributed by atoms with Gasteiger partial charge in [0.05, 0.1) is 0 Å². The minimum atomic E-state index is -0.918. The molecule has 0 aliphatic heterocycles. The van der Waals surface area contributed by atoms with E-state index in [1.807, 2.05) is 6.07 Å². The Hall–Kier alpha value is -2.49. The van der Waals surface area contributed by atoms with E-state index in [-0.39, 0.29) is 0 Å². The molecule has 4 nitrogen and oxygen atoms in total. The number of hydrogen-bond acceptors (Lipinski definition) is 3. The Morgan fingerprint density at radius 2 is 1.96 bits per heavy atom. The summed E-state index contributed by atoms with van der Waals surface area (Å²) in [5.41, 5.74) is 3.28. The van der Waals surface area contributed by atoms with E-state index >= 15 is 0 Å². The lowest BCUT2D eigenvalue weighted by Crippen LogP contribution is -2.01. The standard InChI is InChI=1S/C21H26N2O2/c1-4-6-8-16(5-2)17-9-10-18(13-15(3)21(24)25)19(14-17)20-22-11-7-12-23-20/h7,9-14,16H,4-6,8H2,1-3H3,(H,24,25). The molecule has 1 atom stereocenters. The van der Waals surface area contributed by atoms with Crippen LogP contribution in [-0.2, 0) is 4.79 Å². The van der Waals surface area contributed by atoms with Crippen molar-refractivity contribution in [3.05, 3.63) is 53.4 Å². The Kier molecular flexibility index (Phi) is 6.87. The van der Waals surface area contributed by atoms with Gasteiger partial charge in [-0.15, -0.1) is 0 Å². The minimum Gasteiger partial charge on any atom is -0.478 e. The van der Waals surface area contributed by atoms with Gasteiger partial charge in [0.2, 0.25) is 0 Å². The SMILES string of the molecule is CCCCC(CC)c1ccc(C=C(C)C(=O)O)c(-c2ncccn2)c1. The van der Waals surface area contributed by atoms with Crippen molar-refractivity contribution < 1.29 is 9.90 Å². The quantitative estimate of drug-likeness (QED) is 0.662.